The van der Waals surface area contributed by atoms with E-state index in [0.29, 0.717) is 5.75 Å². The lowest BCUT2D eigenvalue weighted by Gasteiger charge is -2.10. The minimum atomic E-state index is -0.974. The number of benzene rings is 1. The normalized spacial score (nSPS) is 21.3. The van der Waals surface area contributed by atoms with Crippen LogP contribution in [0.5, 0.6) is 0 Å². The highest BCUT2D eigenvalue weighted by molar-refractivity contribution is 7.85. The van der Waals surface area contributed by atoms with E-state index in [2.05, 4.69) is 0 Å². The highest BCUT2D eigenvalue weighted by atomic mass is 35.5. The van der Waals surface area contributed by atoms with Crippen LogP contribution < -0.4 is 0 Å². The van der Waals surface area contributed by atoms with Crippen LogP contribution in [0.4, 0.5) is 0 Å². The van der Waals surface area contributed by atoms with Gasteiger partial charge in [0, 0.05) is 21.6 Å². The van der Waals surface area contributed by atoms with Crippen LogP contribution in [-0.4, -0.2) is 21.7 Å². The summed E-state index contributed by atoms with van der Waals surface area (Å²) in [5, 5.41) is 9.62. The predicted molar refractivity (Wildman–Crippen MR) is 62.6 cm³/mol. The molecule has 2 nitrogen and oxygen atoms in total. The molecule has 4 heteroatoms. The molecule has 1 aliphatic rings. The topological polar surface area (TPSA) is 37.3 Å². The second-order valence-electron chi connectivity index (χ2n) is 3.64. The average molecular weight is 245 g/mol. The molecule has 0 aromatic heterocycles. The molecule has 0 heterocycles. The monoisotopic (exact) mass is 244 g/mol. The van der Waals surface area contributed by atoms with Crippen LogP contribution in [0.15, 0.2) is 18.2 Å². The smallest absolute Gasteiger partial charge is 0.0604 e. The van der Waals surface area contributed by atoms with Crippen LogP contribution in [0.2, 0.25) is 5.02 Å². The first-order chi connectivity index (χ1) is 7.24. The van der Waals surface area contributed by atoms with Crippen molar-refractivity contribution in [1.29, 1.82) is 0 Å². The fourth-order valence-corrected chi connectivity index (χ4v) is 3.70. The highest BCUT2D eigenvalue weighted by Gasteiger charge is 2.28. The van der Waals surface area contributed by atoms with Gasteiger partial charge in [0.15, 0.2) is 0 Å². The summed E-state index contributed by atoms with van der Waals surface area (Å²) in [6.45, 7) is -0.0149. The van der Waals surface area contributed by atoms with Crippen molar-refractivity contribution < 1.29 is 9.32 Å². The molecule has 1 aliphatic carbocycles. The Kier molecular flexibility index (Phi) is 3.44. The van der Waals surface area contributed by atoms with E-state index in [4.69, 9.17) is 16.7 Å². The van der Waals surface area contributed by atoms with Gasteiger partial charge in [-0.05, 0) is 30.0 Å². The van der Waals surface area contributed by atoms with Crippen LogP contribution in [0, 0.1) is 0 Å². The zero-order chi connectivity index (χ0) is 10.8. The first-order valence-electron chi connectivity index (χ1n) is 4.99. The van der Waals surface area contributed by atoms with E-state index in [1.807, 2.05) is 18.2 Å². The van der Waals surface area contributed by atoms with Crippen molar-refractivity contribution in [3.63, 3.8) is 0 Å². The molecule has 82 valence electrons. The largest absolute Gasteiger partial charge is 0.395 e. The van der Waals surface area contributed by atoms with Crippen molar-refractivity contribution in [2.75, 3.05) is 12.4 Å². The molecule has 2 atom stereocenters. The van der Waals surface area contributed by atoms with Gasteiger partial charge in [-0.25, -0.2) is 0 Å². The maximum atomic E-state index is 11.8. The van der Waals surface area contributed by atoms with Crippen LogP contribution in [0.25, 0.3) is 0 Å². The van der Waals surface area contributed by atoms with Gasteiger partial charge in [-0.2, -0.15) is 0 Å². The molecule has 1 aromatic rings. The Morgan fingerprint density at radius 3 is 3.07 bits per heavy atom. The number of aliphatic hydroxyl groups is 1. The van der Waals surface area contributed by atoms with E-state index in [1.165, 1.54) is 0 Å². The van der Waals surface area contributed by atoms with E-state index in [0.717, 1.165) is 29.0 Å². The molecule has 15 heavy (non-hydrogen) atoms. The SMILES string of the molecule is O=[S@@](CCO)[C@H]1CCc2c(Cl)cccc21. The van der Waals surface area contributed by atoms with Gasteiger partial charge in [-0.3, -0.25) is 4.21 Å². The zero-order valence-corrected chi connectivity index (χ0v) is 9.85. The van der Waals surface area contributed by atoms with Gasteiger partial charge in [0.2, 0.25) is 0 Å². The summed E-state index contributed by atoms with van der Waals surface area (Å²) in [6, 6.07) is 5.77. The summed E-state index contributed by atoms with van der Waals surface area (Å²) in [7, 11) is -0.974. The third-order valence-electron chi connectivity index (χ3n) is 2.77. The molecule has 1 aromatic carbocycles. The van der Waals surface area contributed by atoms with Gasteiger partial charge in [0.25, 0.3) is 0 Å². The Morgan fingerprint density at radius 1 is 1.53 bits per heavy atom. The van der Waals surface area contributed by atoms with E-state index in [1.54, 1.807) is 0 Å². The lowest BCUT2D eigenvalue weighted by molar-refractivity contribution is 0.321. The summed E-state index contributed by atoms with van der Waals surface area (Å²) in [4.78, 5) is 0. The molecular weight excluding hydrogens is 232 g/mol. The Labute approximate surface area is 96.7 Å². The van der Waals surface area contributed by atoms with Crippen molar-refractivity contribution in [3.8, 4) is 0 Å². The number of rotatable bonds is 3. The van der Waals surface area contributed by atoms with E-state index < -0.39 is 10.8 Å². The number of fused-ring (bicyclic) bond motifs is 1. The molecule has 0 bridgehead atoms. The average Bonchev–Trinajstić information content (AvgIpc) is 2.63. The minimum absolute atomic E-state index is 0.0149. The molecule has 0 amide bonds. The summed E-state index contributed by atoms with van der Waals surface area (Å²) < 4.78 is 11.8. The Bertz CT molecular complexity index is 392. The molecule has 0 spiro atoms. The third-order valence-corrected chi connectivity index (χ3v) is 4.83. The fraction of sp³-hybridized carbons (Fsp3) is 0.455. The Morgan fingerprint density at radius 2 is 2.33 bits per heavy atom. The Hall–Kier alpha value is -0.380. The van der Waals surface area contributed by atoms with Crippen molar-refractivity contribution in [2.24, 2.45) is 0 Å². The van der Waals surface area contributed by atoms with E-state index in [-0.39, 0.29) is 11.9 Å². The summed E-state index contributed by atoms with van der Waals surface area (Å²) in [5.74, 6) is 0.358. The maximum Gasteiger partial charge on any atom is 0.0604 e. The second-order valence-corrected chi connectivity index (χ2v) is 5.79. The van der Waals surface area contributed by atoms with Crippen LogP contribution >= 0.6 is 11.6 Å². The standard InChI is InChI=1S/C11H13ClO2S/c12-10-3-1-2-9-8(10)4-5-11(9)15(14)7-6-13/h1-3,11,13H,4-7H2/t11-,15-/m0/s1. The fourth-order valence-electron chi connectivity index (χ4n) is 2.08. The highest BCUT2D eigenvalue weighted by Crippen LogP contribution is 2.38. The number of hydrogen-bond donors (Lipinski definition) is 1. The van der Waals surface area contributed by atoms with E-state index in [9.17, 15) is 4.21 Å². The minimum Gasteiger partial charge on any atom is -0.395 e. The van der Waals surface area contributed by atoms with Gasteiger partial charge in [0.05, 0.1) is 11.9 Å². The Balaban J connectivity index is 2.29. The van der Waals surface area contributed by atoms with Crippen LogP contribution in [-0.2, 0) is 17.2 Å². The van der Waals surface area contributed by atoms with Crippen molar-refractivity contribution in [3.05, 3.63) is 34.3 Å². The maximum absolute atomic E-state index is 11.8. The molecule has 0 fully saturated rings. The summed E-state index contributed by atoms with van der Waals surface area (Å²) in [5.41, 5.74) is 2.24. The predicted octanol–water partition coefficient (Wildman–Crippen LogP) is 2.07. The van der Waals surface area contributed by atoms with Crippen molar-refractivity contribution in [1.82, 2.24) is 0 Å². The lowest BCUT2D eigenvalue weighted by atomic mass is 10.1. The summed E-state index contributed by atoms with van der Waals surface area (Å²) in [6.07, 6.45) is 1.78. The van der Waals surface area contributed by atoms with Gasteiger partial charge in [-0.1, -0.05) is 23.7 Å². The number of hydrogen-bond acceptors (Lipinski definition) is 2. The third kappa shape index (κ3) is 2.10. The number of aliphatic hydroxyl groups excluding tert-OH is 1. The van der Waals surface area contributed by atoms with Crippen molar-refractivity contribution in [2.45, 2.75) is 18.1 Å². The molecule has 0 radical (unpaired) electrons. The van der Waals surface area contributed by atoms with Crippen molar-refractivity contribution >= 4 is 22.4 Å². The van der Waals surface area contributed by atoms with Gasteiger partial charge < -0.3 is 5.11 Å². The van der Waals surface area contributed by atoms with Crippen LogP contribution in [0.1, 0.15) is 22.8 Å². The van der Waals surface area contributed by atoms with Crippen LogP contribution in [0.3, 0.4) is 0 Å². The first kappa shape index (κ1) is 11.1. The molecule has 0 unspecified atom stereocenters. The van der Waals surface area contributed by atoms with Gasteiger partial charge in [0.1, 0.15) is 0 Å². The van der Waals surface area contributed by atoms with Gasteiger partial charge in [-0.15, -0.1) is 0 Å². The molecular formula is C11H13ClO2S. The molecule has 2 rings (SSSR count). The van der Waals surface area contributed by atoms with Gasteiger partial charge >= 0.3 is 0 Å². The lowest BCUT2D eigenvalue weighted by Crippen LogP contribution is -2.09. The molecule has 1 N–H and O–H groups in total. The molecule has 0 saturated carbocycles. The molecule has 0 aliphatic heterocycles. The zero-order valence-electron chi connectivity index (χ0n) is 8.28. The molecule has 0 saturated heterocycles. The quantitative estimate of drug-likeness (QED) is 0.884. The number of halogens is 1. The second kappa shape index (κ2) is 4.64. The summed E-state index contributed by atoms with van der Waals surface area (Å²) >= 11 is 6.07. The van der Waals surface area contributed by atoms with E-state index >= 15 is 0 Å². The first-order valence-corrected chi connectivity index (χ1v) is 6.75.